The molecule has 1 aromatic rings. The average Bonchev–Trinajstić information content (AvgIpc) is 2.14. The van der Waals surface area contributed by atoms with Crippen molar-refractivity contribution in [1.29, 1.82) is 0 Å². The van der Waals surface area contributed by atoms with E-state index in [0.717, 1.165) is 11.5 Å². The number of rotatable bonds is 3. The molecule has 1 nitrogen and oxygen atoms in total. The molecule has 0 aliphatic rings. The normalized spacial score (nSPS) is 11.4. The van der Waals surface area contributed by atoms with Gasteiger partial charge >= 0.3 is 0 Å². The lowest BCUT2D eigenvalue weighted by Crippen LogP contribution is -2.11. The molecule has 0 radical (unpaired) electrons. The van der Waals surface area contributed by atoms with Gasteiger partial charge in [-0.3, -0.25) is 0 Å². The molecule has 0 bridgehead atoms. The summed E-state index contributed by atoms with van der Waals surface area (Å²) in [5.41, 5.74) is 1.48. The minimum Gasteiger partial charge on any atom is -0.493 e. The maximum atomic E-state index is 5.51. The van der Waals surface area contributed by atoms with E-state index in [9.17, 15) is 0 Å². The molecule has 0 unspecified atom stereocenters. The summed E-state index contributed by atoms with van der Waals surface area (Å²) in [5, 5.41) is 0. The van der Waals surface area contributed by atoms with E-state index in [4.69, 9.17) is 4.74 Å². The van der Waals surface area contributed by atoms with Crippen LogP contribution in [0.5, 0.6) is 5.75 Å². The lowest BCUT2D eigenvalue weighted by atomic mass is 9.87. The molecule has 0 saturated heterocycles. The minimum atomic E-state index is 0.181. The van der Waals surface area contributed by atoms with Crippen LogP contribution < -0.4 is 4.74 Å². The number of ether oxygens (including phenoxy) is 1. The van der Waals surface area contributed by atoms with Crippen molar-refractivity contribution in [2.24, 2.45) is 0 Å². The second kappa shape index (κ2) is 4.74. The molecule has 0 aromatic heterocycles. The summed E-state index contributed by atoms with van der Waals surface area (Å²) in [6.07, 6.45) is 0. The summed E-state index contributed by atoms with van der Waals surface area (Å²) in [4.78, 5) is 0. The largest absolute Gasteiger partial charge is 0.493 e. The van der Waals surface area contributed by atoms with Crippen molar-refractivity contribution in [2.45, 2.75) is 26.2 Å². The van der Waals surface area contributed by atoms with Gasteiger partial charge in [0.1, 0.15) is 5.75 Å². The first-order valence-corrected chi connectivity index (χ1v) is 5.51. The number of hydrogen-bond acceptors (Lipinski definition) is 2. The molecule has 78 valence electrons. The summed E-state index contributed by atoms with van der Waals surface area (Å²) in [5.74, 6) is 1.69. The fourth-order valence-electron chi connectivity index (χ4n) is 1.22. The molecule has 1 aromatic carbocycles. The fraction of sp³-hybridized carbons (Fsp3) is 0.500. The average molecular weight is 210 g/mol. The lowest BCUT2D eigenvalue weighted by molar-refractivity contribution is 0.343. The Kier molecular flexibility index (Phi) is 3.87. The van der Waals surface area contributed by atoms with Crippen LogP contribution in [0.2, 0.25) is 0 Å². The first-order valence-electron chi connectivity index (χ1n) is 4.88. The minimum absolute atomic E-state index is 0.181. The maximum absolute atomic E-state index is 5.51. The topological polar surface area (TPSA) is 9.23 Å². The summed E-state index contributed by atoms with van der Waals surface area (Å²) < 4.78 is 5.51. The van der Waals surface area contributed by atoms with Crippen molar-refractivity contribution in [3.05, 3.63) is 29.8 Å². The first-order chi connectivity index (χ1) is 6.54. The van der Waals surface area contributed by atoms with Gasteiger partial charge in [-0.25, -0.2) is 0 Å². The summed E-state index contributed by atoms with van der Waals surface area (Å²) in [6.45, 7) is 7.26. The molecule has 0 aliphatic carbocycles. The van der Waals surface area contributed by atoms with Gasteiger partial charge in [-0.15, -0.1) is 0 Å². The van der Waals surface area contributed by atoms with Crippen LogP contribution in [0.25, 0.3) is 0 Å². The van der Waals surface area contributed by atoms with Gasteiger partial charge in [-0.2, -0.15) is 12.6 Å². The van der Waals surface area contributed by atoms with Crippen molar-refractivity contribution in [1.82, 2.24) is 0 Å². The van der Waals surface area contributed by atoms with E-state index in [1.807, 2.05) is 12.1 Å². The Morgan fingerprint density at radius 1 is 1.29 bits per heavy atom. The quantitative estimate of drug-likeness (QED) is 0.753. The van der Waals surface area contributed by atoms with E-state index < -0.39 is 0 Å². The molecule has 0 spiro atoms. The predicted molar refractivity (Wildman–Crippen MR) is 64.5 cm³/mol. The zero-order chi connectivity index (χ0) is 10.6. The summed E-state index contributed by atoms with van der Waals surface area (Å²) in [6, 6.07) is 8.25. The van der Waals surface area contributed by atoms with Gasteiger partial charge in [-0.05, 0) is 23.1 Å². The van der Waals surface area contributed by atoms with Crippen molar-refractivity contribution in [3.63, 3.8) is 0 Å². The first kappa shape index (κ1) is 11.4. The zero-order valence-corrected chi connectivity index (χ0v) is 9.97. The maximum Gasteiger partial charge on any atom is 0.119 e. The fourth-order valence-corrected chi connectivity index (χ4v) is 1.31. The highest BCUT2D eigenvalue weighted by atomic mass is 32.1. The Balaban J connectivity index is 2.79. The number of thiol groups is 1. The SMILES string of the molecule is CC(C)(C)c1cccc(OCCS)c1. The second-order valence-corrected chi connectivity index (χ2v) is 4.80. The van der Waals surface area contributed by atoms with Crippen LogP contribution >= 0.6 is 12.6 Å². The molecule has 14 heavy (non-hydrogen) atoms. The zero-order valence-electron chi connectivity index (χ0n) is 9.08. The van der Waals surface area contributed by atoms with E-state index in [1.165, 1.54) is 5.56 Å². The molecule has 0 fully saturated rings. The van der Waals surface area contributed by atoms with Gasteiger partial charge in [-0.1, -0.05) is 32.9 Å². The Morgan fingerprint density at radius 3 is 2.57 bits per heavy atom. The van der Waals surface area contributed by atoms with Crippen LogP contribution in [-0.4, -0.2) is 12.4 Å². The van der Waals surface area contributed by atoms with Crippen LogP contribution in [0.3, 0.4) is 0 Å². The third-order valence-electron chi connectivity index (χ3n) is 2.06. The lowest BCUT2D eigenvalue weighted by Gasteiger charge is -2.19. The molecular weight excluding hydrogens is 192 g/mol. The van der Waals surface area contributed by atoms with Crippen molar-refractivity contribution < 1.29 is 4.74 Å². The van der Waals surface area contributed by atoms with Crippen molar-refractivity contribution >= 4 is 12.6 Å². The molecule has 1 rings (SSSR count). The van der Waals surface area contributed by atoms with Crippen LogP contribution in [0.1, 0.15) is 26.3 Å². The molecule has 0 heterocycles. The predicted octanol–water partition coefficient (Wildman–Crippen LogP) is 3.29. The van der Waals surface area contributed by atoms with E-state index >= 15 is 0 Å². The molecule has 0 aliphatic heterocycles. The van der Waals surface area contributed by atoms with Gasteiger partial charge in [0.15, 0.2) is 0 Å². The Bertz CT molecular complexity index is 289. The van der Waals surface area contributed by atoms with Crippen LogP contribution in [0.15, 0.2) is 24.3 Å². The molecule has 0 N–H and O–H groups in total. The van der Waals surface area contributed by atoms with E-state index in [0.29, 0.717) is 6.61 Å². The highest BCUT2D eigenvalue weighted by Gasteiger charge is 2.13. The standard InChI is InChI=1S/C12H18OS/c1-12(2,3)10-5-4-6-11(9-10)13-7-8-14/h4-6,9,14H,7-8H2,1-3H3. The monoisotopic (exact) mass is 210 g/mol. The highest BCUT2D eigenvalue weighted by molar-refractivity contribution is 7.80. The molecule has 0 atom stereocenters. The van der Waals surface area contributed by atoms with E-state index in [2.05, 4.69) is 45.5 Å². The third-order valence-corrected chi connectivity index (χ3v) is 2.24. The Morgan fingerprint density at radius 2 is 2.00 bits per heavy atom. The highest BCUT2D eigenvalue weighted by Crippen LogP contribution is 2.25. The van der Waals surface area contributed by atoms with Gasteiger partial charge in [0.2, 0.25) is 0 Å². The Labute approximate surface area is 91.9 Å². The number of benzene rings is 1. The van der Waals surface area contributed by atoms with E-state index in [-0.39, 0.29) is 5.41 Å². The summed E-state index contributed by atoms with van der Waals surface area (Å²) in [7, 11) is 0. The second-order valence-electron chi connectivity index (χ2n) is 4.35. The smallest absolute Gasteiger partial charge is 0.119 e. The molecule has 2 heteroatoms. The van der Waals surface area contributed by atoms with Gasteiger partial charge in [0.25, 0.3) is 0 Å². The van der Waals surface area contributed by atoms with Crippen molar-refractivity contribution in [3.8, 4) is 5.75 Å². The van der Waals surface area contributed by atoms with Crippen LogP contribution in [0, 0.1) is 0 Å². The molecule has 0 saturated carbocycles. The van der Waals surface area contributed by atoms with E-state index in [1.54, 1.807) is 0 Å². The van der Waals surface area contributed by atoms with Gasteiger partial charge in [0, 0.05) is 5.75 Å². The van der Waals surface area contributed by atoms with Crippen LogP contribution in [-0.2, 0) is 5.41 Å². The van der Waals surface area contributed by atoms with Gasteiger partial charge in [0.05, 0.1) is 6.61 Å². The molecule has 0 amide bonds. The molecular formula is C12H18OS. The van der Waals surface area contributed by atoms with Crippen molar-refractivity contribution in [2.75, 3.05) is 12.4 Å². The van der Waals surface area contributed by atoms with Gasteiger partial charge < -0.3 is 4.74 Å². The Hall–Kier alpha value is -0.630. The van der Waals surface area contributed by atoms with Crippen LogP contribution in [0.4, 0.5) is 0 Å². The number of hydrogen-bond donors (Lipinski definition) is 1. The summed E-state index contributed by atoms with van der Waals surface area (Å²) >= 11 is 4.11. The third kappa shape index (κ3) is 3.26.